The average Bonchev–Trinajstić information content (AvgIpc) is 3.80. The van der Waals surface area contributed by atoms with Crippen molar-refractivity contribution in [1.82, 2.24) is 30.0 Å². The van der Waals surface area contributed by atoms with Gasteiger partial charge >= 0.3 is 18.2 Å². The Balaban J connectivity index is 1.42. The zero-order valence-corrected chi connectivity index (χ0v) is 33.3. The number of alkyl halides is 3. The van der Waals surface area contributed by atoms with Crippen LogP contribution in [0.5, 0.6) is 0 Å². The highest BCUT2D eigenvalue weighted by atomic mass is 19.4. The van der Waals surface area contributed by atoms with Gasteiger partial charge in [0.15, 0.2) is 0 Å². The Hall–Kier alpha value is -5.47. The van der Waals surface area contributed by atoms with E-state index in [2.05, 4.69) is 20.3 Å². The number of H-pyrrole nitrogens is 1. The van der Waals surface area contributed by atoms with Crippen LogP contribution in [0.3, 0.4) is 0 Å². The molecule has 2 aromatic carbocycles. The van der Waals surface area contributed by atoms with Crippen LogP contribution in [0.15, 0.2) is 48.9 Å². The summed E-state index contributed by atoms with van der Waals surface area (Å²) in [4.78, 5) is 39.3. The lowest BCUT2D eigenvalue weighted by atomic mass is 9.95. The average molecular weight is 792 g/mol. The molecule has 15 heteroatoms. The number of nitrogens with zero attached hydrogens (tertiary/aromatic N) is 5. The van der Waals surface area contributed by atoms with Gasteiger partial charge in [-0.25, -0.2) is 28.6 Å². The van der Waals surface area contributed by atoms with E-state index in [1.807, 2.05) is 50.6 Å². The van der Waals surface area contributed by atoms with Gasteiger partial charge in [-0.1, -0.05) is 52.3 Å². The van der Waals surface area contributed by atoms with Crippen molar-refractivity contribution in [2.75, 3.05) is 11.4 Å². The van der Waals surface area contributed by atoms with Crippen LogP contribution in [0, 0.1) is 11.7 Å². The maximum atomic E-state index is 17.1. The Kier molecular flexibility index (Phi) is 12.0. The van der Waals surface area contributed by atoms with E-state index in [0.29, 0.717) is 60.0 Å². The predicted octanol–water partition coefficient (Wildman–Crippen LogP) is 9.03. The van der Waals surface area contributed by atoms with E-state index < -0.39 is 41.3 Å². The molecule has 6 rings (SSSR count). The molecule has 0 fully saturated rings. The molecule has 0 unspecified atom stereocenters. The molecule has 0 bridgehead atoms. The molecular weight excluding hydrogens is 742 g/mol. The van der Waals surface area contributed by atoms with E-state index in [1.165, 1.54) is 6.07 Å². The van der Waals surface area contributed by atoms with Crippen molar-refractivity contribution in [3.8, 4) is 16.9 Å². The normalized spacial score (nSPS) is 14.3. The van der Waals surface area contributed by atoms with Crippen molar-refractivity contribution in [3.63, 3.8) is 0 Å². The van der Waals surface area contributed by atoms with E-state index in [9.17, 15) is 22.8 Å². The number of carbonyl (C=O) groups is 2. The number of ether oxygens (including phenoxy) is 2. The topological polar surface area (TPSA) is 127 Å². The summed E-state index contributed by atoms with van der Waals surface area (Å²) in [6.45, 7) is 13.4. The molecule has 0 radical (unpaired) electrons. The van der Waals surface area contributed by atoms with Crippen LogP contribution < -0.4 is 10.2 Å². The number of para-hydroxylation sites is 1. The van der Waals surface area contributed by atoms with Crippen molar-refractivity contribution >= 4 is 28.9 Å². The van der Waals surface area contributed by atoms with Gasteiger partial charge in [-0.3, -0.25) is 0 Å². The van der Waals surface area contributed by atoms with Crippen molar-refractivity contribution < 1.29 is 36.6 Å². The summed E-state index contributed by atoms with van der Waals surface area (Å²) in [7, 11) is 0. The molecule has 5 aromatic rings. The fourth-order valence-electron chi connectivity index (χ4n) is 7.43. The second-order valence-corrected chi connectivity index (χ2v) is 15.4. The summed E-state index contributed by atoms with van der Waals surface area (Å²) < 4.78 is 70.1. The number of halogens is 4. The molecule has 0 aliphatic carbocycles. The van der Waals surface area contributed by atoms with Crippen LogP contribution in [0.25, 0.3) is 27.8 Å². The molecule has 1 aliphatic heterocycles. The minimum atomic E-state index is -4.58. The molecule has 0 saturated carbocycles. The van der Waals surface area contributed by atoms with Gasteiger partial charge in [0.25, 0.3) is 0 Å². The largest absolute Gasteiger partial charge is 0.459 e. The smallest absolute Gasteiger partial charge is 0.419 e. The number of aromatic nitrogens is 5. The van der Waals surface area contributed by atoms with Crippen LogP contribution >= 0.6 is 0 Å². The minimum absolute atomic E-state index is 0.118. The van der Waals surface area contributed by atoms with Crippen molar-refractivity contribution in [2.45, 2.75) is 112 Å². The first-order chi connectivity index (χ1) is 27.0. The van der Waals surface area contributed by atoms with Gasteiger partial charge in [0, 0.05) is 60.2 Å². The third kappa shape index (κ3) is 8.76. The summed E-state index contributed by atoms with van der Waals surface area (Å²) in [5, 5.41) is 8.30. The number of amides is 1. The number of rotatable bonds is 12. The number of benzene rings is 2. The summed E-state index contributed by atoms with van der Waals surface area (Å²) >= 11 is 0. The number of alkyl carbamates (subject to hydrolysis) is 1. The van der Waals surface area contributed by atoms with Gasteiger partial charge in [0.2, 0.25) is 5.95 Å². The third-order valence-corrected chi connectivity index (χ3v) is 10.2. The van der Waals surface area contributed by atoms with Gasteiger partial charge < -0.3 is 24.7 Å². The highest BCUT2D eigenvalue weighted by molar-refractivity contribution is 5.98. The fourth-order valence-corrected chi connectivity index (χ4v) is 7.43. The Morgan fingerprint density at radius 3 is 2.32 bits per heavy atom. The highest BCUT2D eigenvalue weighted by Gasteiger charge is 2.35. The number of aromatic amines is 1. The molecular formula is C42H49F4N7O4. The van der Waals surface area contributed by atoms with Gasteiger partial charge in [-0.2, -0.15) is 18.3 Å². The third-order valence-electron chi connectivity index (χ3n) is 10.2. The standard InChI is InChI=1S/C42H49F4N7O4/c1-8-12-24(4)34(50-40(55)57-41(5,6)7)38(54)56-23-27-19-31(43)33(29-15-17-47-35(27)29)37-30-22-52(39-48-20-28(21-49-39)42(44,45)46)18-16-32(30)51-53(37)36-25(9-2)13-11-14-26(36)10-3/h11,13-15,17,19-21,24,34,47H,8-10,12,16,18,22-23H2,1-7H3,(H,50,55)/t24-,34-/m0/s1. The van der Waals surface area contributed by atoms with Crippen LogP contribution in [0.2, 0.25) is 0 Å². The van der Waals surface area contributed by atoms with Crippen molar-refractivity contribution in [2.24, 2.45) is 5.92 Å². The van der Waals surface area contributed by atoms with E-state index in [-0.39, 0.29) is 30.6 Å². The Morgan fingerprint density at radius 2 is 1.70 bits per heavy atom. The number of fused-ring (bicyclic) bond motifs is 2. The number of carbonyl (C=O) groups excluding carboxylic acids is 2. The van der Waals surface area contributed by atoms with Crippen molar-refractivity contribution in [3.05, 3.63) is 88.3 Å². The van der Waals surface area contributed by atoms with E-state index in [4.69, 9.17) is 14.6 Å². The molecule has 0 spiro atoms. The lowest BCUT2D eigenvalue weighted by Crippen LogP contribution is -2.47. The Bertz CT molecular complexity index is 2220. The monoisotopic (exact) mass is 791 g/mol. The molecule has 304 valence electrons. The van der Waals surface area contributed by atoms with E-state index in [0.717, 1.165) is 41.3 Å². The van der Waals surface area contributed by atoms with E-state index in [1.54, 1.807) is 37.9 Å². The molecule has 1 amide bonds. The number of hydrogen-bond acceptors (Lipinski definition) is 8. The maximum Gasteiger partial charge on any atom is 0.419 e. The lowest BCUT2D eigenvalue weighted by molar-refractivity contribution is -0.149. The number of aryl methyl sites for hydroxylation is 2. The first kappa shape index (κ1) is 41.2. The van der Waals surface area contributed by atoms with Crippen LogP contribution in [-0.2, 0) is 52.9 Å². The Labute approximate surface area is 329 Å². The van der Waals surface area contributed by atoms with Gasteiger partial charge in [0.05, 0.1) is 28.2 Å². The Morgan fingerprint density at radius 1 is 1.02 bits per heavy atom. The SMILES string of the molecule is CCC[C@H](C)[C@H](NC(=O)OC(C)(C)C)C(=O)OCc1cc(F)c(-c2c3c(nn2-c2c(CC)cccc2CC)CCN(c2ncc(C(F)(F)F)cn2)C3)c2cc[nH]c12. The summed E-state index contributed by atoms with van der Waals surface area (Å²) in [6, 6.07) is 8.13. The summed E-state index contributed by atoms with van der Waals surface area (Å²) in [5.41, 5.74) is 4.25. The zero-order valence-electron chi connectivity index (χ0n) is 33.3. The zero-order chi connectivity index (χ0) is 41.2. The van der Waals surface area contributed by atoms with Crippen LogP contribution in [-0.4, -0.2) is 55.0 Å². The molecule has 4 heterocycles. The quantitative estimate of drug-likeness (QED) is 0.0947. The van der Waals surface area contributed by atoms with Gasteiger partial charge in [-0.05, 0) is 69.2 Å². The van der Waals surface area contributed by atoms with Gasteiger partial charge in [0.1, 0.15) is 24.1 Å². The van der Waals surface area contributed by atoms with Gasteiger partial charge in [-0.15, -0.1) is 0 Å². The molecule has 2 N–H and O–H groups in total. The number of anilines is 1. The number of nitrogens with one attached hydrogen (secondary N) is 2. The molecule has 0 saturated heterocycles. The second-order valence-electron chi connectivity index (χ2n) is 15.4. The van der Waals surface area contributed by atoms with Crippen molar-refractivity contribution in [1.29, 1.82) is 0 Å². The molecule has 11 nitrogen and oxygen atoms in total. The number of hydrogen-bond donors (Lipinski definition) is 2. The van der Waals surface area contributed by atoms with Crippen LogP contribution in [0.4, 0.5) is 28.3 Å². The molecule has 3 aromatic heterocycles. The molecule has 2 atom stereocenters. The number of esters is 1. The molecule has 1 aliphatic rings. The highest BCUT2D eigenvalue weighted by Crippen LogP contribution is 2.41. The first-order valence-corrected chi connectivity index (χ1v) is 19.4. The minimum Gasteiger partial charge on any atom is -0.459 e. The first-order valence-electron chi connectivity index (χ1n) is 19.4. The maximum absolute atomic E-state index is 17.1. The van der Waals surface area contributed by atoms with Crippen LogP contribution in [0.1, 0.15) is 94.8 Å². The second kappa shape index (κ2) is 16.6. The fraction of sp³-hybridized carbons (Fsp3) is 0.452. The lowest BCUT2D eigenvalue weighted by Gasteiger charge is -2.27. The van der Waals surface area contributed by atoms with E-state index >= 15 is 4.39 Å². The summed E-state index contributed by atoms with van der Waals surface area (Å²) in [5.74, 6) is -1.41. The predicted molar refractivity (Wildman–Crippen MR) is 208 cm³/mol. The summed E-state index contributed by atoms with van der Waals surface area (Å²) in [6.07, 6.45) is 1.09. The molecule has 57 heavy (non-hydrogen) atoms.